The van der Waals surface area contributed by atoms with Crippen LogP contribution in [0.5, 0.6) is 0 Å². The van der Waals surface area contributed by atoms with E-state index in [9.17, 15) is 0 Å². The molecule has 1 aromatic heterocycles. The Bertz CT molecular complexity index is 1190. The third kappa shape index (κ3) is 5.70. The Morgan fingerprint density at radius 1 is 0.912 bits per heavy atom. The summed E-state index contributed by atoms with van der Waals surface area (Å²) in [4.78, 5) is 7.28. The molecule has 4 aromatic rings. The average Bonchev–Trinajstić information content (AvgIpc) is 2.89. The number of nitrogens with zero attached hydrogens (tertiary/aromatic N) is 2. The number of ether oxygens (including phenoxy) is 1. The largest absolute Gasteiger partial charge is 0.374 e. The van der Waals surface area contributed by atoms with Crippen LogP contribution in [0.3, 0.4) is 0 Å². The Morgan fingerprint density at radius 3 is 2.41 bits per heavy atom. The van der Waals surface area contributed by atoms with Crippen LogP contribution in [0.15, 0.2) is 108 Å². The molecule has 0 aliphatic carbocycles. The van der Waals surface area contributed by atoms with Gasteiger partial charge in [-0.3, -0.25) is 4.90 Å². The van der Waals surface area contributed by atoms with Crippen LogP contribution >= 0.6 is 23.4 Å². The first-order valence-electron chi connectivity index (χ1n) is 11.6. The van der Waals surface area contributed by atoms with E-state index in [1.165, 1.54) is 11.1 Å². The Balaban J connectivity index is 1.42. The Hall–Kier alpha value is -2.63. The molecule has 3 nitrogen and oxygen atoms in total. The van der Waals surface area contributed by atoms with Crippen molar-refractivity contribution in [2.45, 2.75) is 22.9 Å². The van der Waals surface area contributed by atoms with Crippen LogP contribution in [0.25, 0.3) is 11.1 Å². The SMILES string of the molecule is Clc1ccc(-c2cccnc2S[C@@H](c2ccccc2)[C@@H]2CN(Cc3ccccc3)CCO2)cc1. The molecule has 2 atom stereocenters. The molecule has 0 spiro atoms. The van der Waals surface area contributed by atoms with Gasteiger partial charge in [-0.05, 0) is 34.9 Å². The van der Waals surface area contributed by atoms with Crippen LogP contribution < -0.4 is 0 Å². The van der Waals surface area contributed by atoms with Crippen LogP contribution in [0.2, 0.25) is 5.02 Å². The maximum absolute atomic E-state index is 6.39. The molecule has 1 saturated heterocycles. The van der Waals surface area contributed by atoms with Crippen molar-refractivity contribution in [3.8, 4) is 11.1 Å². The first-order valence-corrected chi connectivity index (χ1v) is 12.8. The molecule has 0 radical (unpaired) electrons. The standard InChI is InChI=1S/C29H27ClN2OS/c30-25-15-13-23(14-16-25)26-12-7-17-31-29(26)34-28(24-10-5-2-6-11-24)27-21-32(18-19-33-27)20-22-8-3-1-4-9-22/h1-17,27-28H,18-21H2/t27-,28-/m0/s1. The normalized spacial score (nSPS) is 17.4. The van der Waals surface area contributed by atoms with Crippen molar-refractivity contribution in [3.05, 3.63) is 119 Å². The lowest BCUT2D eigenvalue weighted by Crippen LogP contribution is -2.44. The number of aromatic nitrogens is 1. The number of thioether (sulfide) groups is 1. The van der Waals surface area contributed by atoms with E-state index >= 15 is 0 Å². The van der Waals surface area contributed by atoms with Gasteiger partial charge in [0.1, 0.15) is 5.03 Å². The van der Waals surface area contributed by atoms with Crippen molar-refractivity contribution in [2.75, 3.05) is 19.7 Å². The average molecular weight is 487 g/mol. The molecule has 0 unspecified atom stereocenters. The monoisotopic (exact) mass is 486 g/mol. The Kier molecular flexibility index (Phi) is 7.62. The highest BCUT2D eigenvalue weighted by Gasteiger charge is 2.31. The molecule has 34 heavy (non-hydrogen) atoms. The summed E-state index contributed by atoms with van der Waals surface area (Å²) in [6.45, 7) is 3.49. The number of morpholine rings is 1. The Labute approximate surface area is 210 Å². The van der Waals surface area contributed by atoms with Crippen molar-refractivity contribution in [3.63, 3.8) is 0 Å². The summed E-state index contributed by atoms with van der Waals surface area (Å²) in [6.07, 6.45) is 1.93. The molecule has 2 heterocycles. The van der Waals surface area contributed by atoms with Crippen LogP contribution in [-0.2, 0) is 11.3 Å². The zero-order valence-corrected chi connectivity index (χ0v) is 20.5. The van der Waals surface area contributed by atoms with Crippen molar-refractivity contribution in [2.24, 2.45) is 0 Å². The molecule has 5 rings (SSSR count). The predicted molar refractivity (Wildman–Crippen MR) is 141 cm³/mol. The molecular weight excluding hydrogens is 460 g/mol. The van der Waals surface area contributed by atoms with Gasteiger partial charge in [0.2, 0.25) is 0 Å². The zero-order valence-electron chi connectivity index (χ0n) is 18.9. The summed E-state index contributed by atoms with van der Waals surface area (Å²) in [5, 5.41) is 1.86. The Morgan fingerprint density at radius 2 is 1.65 bits per heavy atom. The third-order valence-corrected chi connectivity index (χ3v) is 7.69. The van der Waals surface area contributed by atoms with Gasteiger partial charge >= 0.3 is 0 Å². The highest BCUT2D eigenvalue weighted by Crippen LogP contribution is 2.43. The van der Waals surface area contributed by atoms with E-state index < -0.39 is 0 Å². The quantitative estimate of drug-likeness (QED) is 0.259. The lowest BCUT2D eigenvalue weighted by molar-refractivity contribution is -0.0320. The van der Waals surface area contributed by atoms with Gasteiger partial charge in [0.25, 0.3) is 0 Å². The van der Waals surface area contributed by atoms with Gasteiger partial charge in [-0.2, -0.15) is 0 Å². The fraction of sp³-hybridized carbons (Fsp3) is 0.207. The highest BCUT2D eigenvalue weighted by molar-refractivity contribution is 7.99. The molecule has 0 saturated carbocycles. The molecule has 1 aliphatic rings. The zero-order chi connectivity index (χ0) is 23.2. The van der Waals surface area contributed by atoms with Crippen LogP contribution in [0.4, 0.5) is 0 Å². The minimum atomic E-state index is 0.0601. The molecule has 1 aliphatic heterocycles. The van der Waals surface area contributed by atoms with E-state index in [1.807, 2.05) is 24.4 Å². The number of pyridine rings is 1. The third-order valence-electron chi connectivity index (χ3n) is 6.06. The van der Waals surface area contributed by atoms with E-state index in [2.05, 4.69) is 83.8 Å². The fourth-order valence-electron chi connectivity index (χ4n) is 4.36. The maximum atomic E-state index is 6.39. The summed E-state index contributed by atoms with van der Waals surface area (Å²) < 4.78 is 6.39. The number of benzene rings is 3. The summed E-state index contributed by atoms with van der Waals surface area (Å²) in [5.41, 5.74) is 4.82. The van der Waals surface area contributed by atoms with Gasteiger partial charge in [-0.1, -0.05) is 102 Å². The van der Waals surface area contributed by atoms with E-state index in [1.54, 1.807) is 11.8 Å². The summed E-state index contributed by atoms with van der Waals surface area (Å²) in [6, 6.07) is 33.4. The van der Waals surface area contributed by atoms with Crippen molar-refractivity contribution in [1.82, 2.24) is 9.88 Å². The van der Waals surface area contributed by atoms with Gasteiger partial charge < -0.3 is 4.74 Å². The molecule has 3 aromatic carbocycles. The van der Waals surface area contributed by atoms with Crippen LogP contribution in [0.1, 0.15) is 16.4 Å². The van der Waals surface area contributed by atoms with Crippen LogP contribution in [0, 0.1) is 0 Å². The minimum absolute atomic E-state index is 0.0601. The molecule has 0 N–H and O–H groups in total. The second-order valence-electron chi connectivity index (χ2n) is 8.44. The molecule has 5 heteroatoms. The van der Waals surface area contributed by atoms with E-state index in [0.29, 0.717) is 0 Å². The predicted octanol–water partition coefficient (Wildman–Crippen LogP) is 7.14. The number of hydrogen-bond donors (Lipinski definition) is 0. The topological polar surface area (TPSA) is 25.4 Å². The van der Waals surface area contributed by atoms with Crippen molar-refractivity contribution in [1.29, 1.82) is 0 Å². The minimum Gasteiger partial charge on any atom is -0.374 e. The molecule has 0 bridgehead atoms. The lowest BCUT2D eigenvalue weighted by atomic mass is 10.1. The van der Waals surface area contributed by atoms with Gasteiger partial charge in [-0.25, -0.2) is 4.98 Å². The molecule has 0 amide bonds. The van der Waals surface area contributed by atoms with Crippen molar-refractivity contribution >= 4 is 23.4 Å². The fourth-order valence-corrected chi connectivity index (χ4v) is 5.77. The van der Waals surface area contributed by atoms with E-state index in [0.717, 1.165) is 47.4 Å². The number of rotatable bonds is 7. The molecule has 172 valence electrons. The lowest BCUT2D eigenvalue weighted by Gasteiger charge is -2.37. The summed E-state index contributed by atoms with van der Waals surface area (Å²) in [7, 11) is 0. The second-order valence-corrected chi connectivity index (χ2v) is 10.0. The van der Waals surface area contributed by atoms with Gasteiger partial charge in [-0.15, -0.1) is 0 Å². The summed E-state index contributed by atoms with van der Waals surface area (Å²) >= 11 is 7.92. The first-order chi connectivity index (χ1) is 16.8. The van der Waals surface area contributed by atoms with Crippen molar-refractivity contribution < 1.29 is 4.74 Å². The molecular formula is C29H27ClN2OS. The number of hydrogen-bond acceptors (Lipinski definition) is 4. The first kappa shape index (κ1) is 23.1. The van der Waals surface area contributed by atoms with Gasteiger partial charge in [0.15, 0.2) is 0 Å². The van der Waals surface area contributed by atoms with Crippen LogP contribution in [-0.4, -0.2) is 35.7 Å². The van der Waals surface area contributed by atoms with Gasteiger partial charge in [0.05, 0.1) is 18.0 Å². The van der Waals surface area contributed by atoms with Gasteiger partial charge in [0, 0.05) is 36.4 Å². The second kappa shape index (κ2) is 11.2. The summed E-state index contributed by atoms with van der Waals surface area (Å²) in [5.74, 6) is 0. The molecule has 1 fully saturated rings. The highest BCUT2D eigenvalue weighted by atomic mass is 35.5. The maximum Gasteiger partial charge on any atom is 0.104 e. The van der Waals surface area contributed by atoms with E-state index in [4.69, 9.17) is 21.3 Å². The number of halogens is 1. The smallest absolute Gasteiger partial charge is 0.104 e. The van der Waals surface area contributed by atoms with E-state index in [-0.39, 0.29) is 11.4 Å².